The maximum Gasteiger partial charge on any atom is 0.296 e. The fourth-order valence-electron chi connectivity index (χ4n) is 1.67. The Labute approximate surface area is 154 Å². The third kappa shape index (κ3) is 6.35. The van der Waals surface area contributed by atoms with Crippen molar-refractivity contribution in [3.8, 4) is 0 Å². The topological polar surface area (TPSA) is 241 Å². The van der Waals surface area contributed by atoms with E-state index in [9.17, 15) is 25.3 Å². The summed E-state index contributed by atoms with van der Waals surface area (Å²) >= 11 is 0. The lowest BCUT2D eigenvalue weighted by atomic mass is 10.3. The molecule has 12 nitrogen and oxygen atoms in total. The Morgan fingerprint density at radius 3 is 1.37 bits per heavy atom. The van der Waals surface area contributed by atoms with Gasteiger partial charge in [0, 0.05) is 5.69 Å². The molecular weight excluding hydrogens is 426 g/mol. The van der Waals surface area contributed by atoms with Gasteiger partial charge in [0.25, 0.3) is 30.4 Å². The molecule has 9 N–H and O–H groups in total. The first kappa shape index (κ1) is 22.6. The first-order valence-corrected chi connectivity index (χ1v) is 10.8. The highest BCUT2D eigenvalue weighted by atomic mass is 32.2. The van der Waals surface area contributed by atoms with Crippen LogP contribution < -0.4 is 17.2 Å². The summed E-state index contributed by atoms with van der Waals surface area (Å²) < 4.78 is 90.0. The van der Waals surface area contributed by atoms with Crippen molar-refractivity contribution in [1.82, 2.24) is 0 Å². The van der Waals surface area contributed by atoms with Crippen LogP contribution in [0.2, 0.25) is 0 Å². The number of hydrogen-bond donors (Lipinski definition) is 6. The van der Waals surface area contributed by atoms with Gasteiger partial charge in [-0.3, -0.25) is 13.7 Å². The molecule has 0 unspecified atom stereocenters. The van der Waals surface area contributed by atoms with Crippen LogP contribution in [0.1, 0.15) is 0 Å². The van der Waals surface area contributed by atoms with Gasteiger partial charge < -0.3 is 17.2 Å². The molecule has 0 aliphatic rings. The summed E-state index contributed by atoms with van der Waals surface area (Å²) in [4.78, 5) is -1.79. The van der Waals surface area contributed by atoms with E-state index in [1.165, 1.54) is 12.1 Å². The third-order valence-electron chi connectivity index (χ3n) is 2.88. The fraction of sp³-hybridized carbons (Fsp3) is 0. The fourth-order valence-corrected chi connectivity index (χ4v) is 3.55. The van der Waals surface area contributed by atoms with Crippen LogP contribution in [0.5, 0.6) is 0 Å². The van der Waals surface area contributed by atoms with E-state index in [1.807, 2.05) is 0 Å². The maximum absolute atomic E-state index is 10.7. The first-order chi connectivity index (χ1) is 12.0. The molecule has 0 radical (unpaired) electrons. The molecule has 0 aliphatic heterocycles. The Hall–Kier alpha value is -2.43. The minimum absolute atomic E-state index is 0.0216. The molecule has 150 valence electrons. The standard InChI is InChI=1S/C6H8N2O3S.C6H7NO6S2/c7-4-1-2-5(8)6(3-4)12(9,10)11;7-5-2-1-4(14(8,9)10)3-6(5)15(11,12)13/h1-3H,7-8H2,(H,9,10,11);1-3H,7H2,(H,8,9,10)(H,11,12,13). The quantitative estimate of drug-likeness (QED) is 0.269. The lowest BCUT2D eigenvalue weighted by molar-refractivity contribution is 0.479. The van der Waals surface area contributed by atoms with Gasteiger partial charge in [-0.2, -0.15) is 25.3 Å². The lowest BCUT2D eigenvalue weighted by Crippen LogP contribution is -2.06. The molecule has 2 aromatic rings. The van der Waals surface area contributed by atoms with Crippen molar-refractivity contribution >= 4 is 47.4 Å². The summed E-state index contributed by atoms with van der Waals surface area (Å²) in [7, 11) is -13.4. The van der Waals surface area contributed by atoms with Gasteiger partial charge in [0.1, 0.15) is 9.79 Å². The summed E-state index contributed by atoms with van der Waals surface area (Å²) in [5.74, 6) is 0. The average molecular weight is 441 g/mol. The van der Waals surface area contributed by atoms with E-state index in [2.05, 4.69) is 0 Å². The SMILES string of the molecule is Nc1ccc(N)c(S(=O)(=O)O)c1.Nc1ccc(S(=O)(=O)O)cc1S(=O)(=O)O. The molecule has 2 rings (SSSR count). The monoisotopic (exact) mass is 441 g/mol. The second-order valence-electron chi connectivity index (χ2n) is 4.92. The zero-order valence-electron chi connectivity index (χ0n) is 13.2. The normalized spacial score (nSPS) is 12.1. The zero-order chi connectivity index (χ0) is 21.2. The number of hydrogen-bond acceptors (Lipinski definition) is 9. The molecule has 0 saturated heterocycles. The molecule has 27 heavy (non-hydrogen) atoms. The summed E-state index contributed by atoms with van der Waals surface area (Å²) in [6.45, 7) is 0. The van der Waals surface area contributed by atoms with Crippen molar-refractivity contribution in [3.63, 3.8) is 0 Å². The van der Waals surface area contributed by atoms with Gasteiger partial charge in [-0.05, 0) is 36.4 Å². The molecule has 0 heterocycles. The molecular formula is C12H15N3O9S3. The maximum atomic E-state index is 10.7. The Bertz CT molecular complexity index is 1170. The Morgan fingerprint density at radius 2 is 1.00 bits per heavy atom. The largest absolute Gasteiger partial charge is 0.399 e. The lowest BCUT2D eigenvalue weighted by Gasteiger charge is -2.03. The van der Waals surface area contributed by atoms with Crippen LogP contribution in [-0.2, 0) is 30.4 Å². The number of nitrogen functional groups attached to an aromatic ring is 3. The Morgan fingerprint density at radius 1 is 0.593 bits per heavy atom. The van der Waals surface area contributed by atoms with Crippen LogP contribution in [0.4, 0.5) is 17.1 Å². The van der Waals surface area contributed by atoms with Crippen molar-refractivity contribution in [2.45, 2.75) is 14.7 Å². The van der Waals surface area contributed by atoms with Crippen LogP contribution in [0, 0.1) is 0 Å². The molecule has 0 atom stereocenters. The van der Waals surface area contributed by atoms with Crippen LogP contribution in [0.3, 0.4) is 0 Å². The molecule has 0 spiro atoms. The summed E-state index contributed by atoms with van der Waals surface area (Å²) in [6.07, 6.45) is 0. The molecule has 0 aliphatic carbocycles. The zero-order valence-corrected chi connectivity index (χ0v) is 15.7. The van der Waals surface area contributed by atoms with Crippen molar-refractivity contribution < 1.29 is 38.9 Å². The van der Waals surface area contributed by atoms with Gasteiger partial charge in [-0.25, -0.2) is 0 Å². The van der Waals surface area contributed by atoms with Gasteiger partial charge in [-0.15, -0.1) is 0 Å². The van der Waals surface area contributed by atoms with Crippen LogP contribution in [0.25, 0.3) is 0 Å². The molecule has 0 aromatic heterocycles. The molecule has 0 fully saturated rings. The van der Waals surface area contributed by atoms with Crippen LogP contribution >= 0.6 is 0 Å². The third-order valence-corrected chi connectivity index (χ3v) is 5.54. The number of rotatable bonds is 3. The predicted molar refractivity (Wildman–Crippen MR) is 95.6 cm³/mol. The van der Waals surface area contributed by atoms with Crippen molar-refractivity contribution in [3.05, 3.63) is 36.4 Å². The first-order valence-electron chi connectivity index (χ1n) is 6.50. The molecule has 0 bridgehead atoms. The minimum Gasteiger partial charge on any atom is -0.399 e. The molecule has 0 amide bonds. The highest BCUT2D eigenvalue weighted by Gasteiger charge is 2.18. The van der Waals surface area contributed by atoms with E-state index in [0.717, 1.165) is 18.2 Å². The average Bonchev–Trinajstić information content (AvgIpc) is 2.47. The highest BCUT2D eigenvalue weighted by molar-refractivity contribution is 7.86. The van der Waals surface area contributed by atoms with E-state index in [-0.39, 0.29) is 22.0 Å². The van der Waals surface area contributed by atoms with E-state index in [4.69, 9.17) is 30.9 Å². The van der Waals surface area contributed by atoms with E-state index in [0.29, 0.717) is 6.07 Å². The number of nitrogens with two attached hydrogens (primary N) is 3. The number of benzene rings is 2. The summed E-state index contributed by atoms with van der Waals surface area (Å²) in [5, 5.41) is 0. The smallest absolute Gasteiger partial charge is 0.296 e. The van der Waals surface area contributed by atoms with Gasteiger partial charge in [-0.1, -0.05) is 0 Å². The summed E-state index contributed by atoms with van der Waals surface area (Å²) in [6, 6.07) is 6.30. The highest BCUT2D eigenvalue weighted by Crippen LogP contribution is 2.22. The molecule has 2 aromatic carbocycles. The van der Waals surface area contributed by atoms with Crippen molar-refractivity contribution in [2.75, 3.05) is 17.2 Å². The van der Waals surface area contributed by atoms with E-state index >= 15 is 0 Å². The second-order valence-corrected chi connectivity index (χ2v) is 9.12. The van der Waals surface area contributed by atoms with Gasteiger partial charge in [0.15, 0.2) is 0 Å². The van der Waals surface area contributed by atoms with Crippen LogP contribution in [-0.4, -0.2) is 38.9 Å². The predicted octanol–water partition coefficient (Wildman–Crippen LogP) is -0.140. The van der Waals surface area contributed by atoms with Crippen molar-refractivity contribution in [1.29, 1.82) is 0 Å². The molecule has 15 heteroatoms. The van der Waals surface area contributed by atoms with Gasteiger partial charge in [0.05, 0.1) is 16.3 Å². The Balaban J connectivity index is 0.000000277. The van der Waals surface area contributed by atoms with E-state index < -0.39 is 40.1 Å². The van der Waals surface area contributed by atoms with Gasteiger partial charge >= 0.3 is 0 Å². The second kappa shape index (κ2) is 7.67. The summed E-state index contributed by atoms with van der Waals surface area (Å²) in [5.41, 5.74) is 15.7. The van der Waals surface area contributed by atoms with Crippen LogP contribution in [0.15, 0.2) is 51.1 Å². The minimum atomic E-state index is -4.62. The Kier molecular flexibility index (Phi) is 6.42. The molecule has 0 saturated carbocycles. The van der Waals surface area contributed by atoms with E-state index in [1.54, 1.807) is 0 Å². The number of anilines is 3. The van der Waals surface area contributed by atoms with Crippen molar-refractivity contribution in [2.24, 2.45) is 0 Å². The van der Waals surface area contributed by atoms with Gasteiger partial charge in [0.2, 0.25) is 0 Å².